The van der Waals surface area contributed by atoms with Gasteiger partial charge in [0.2, 0.25) is 0 Å². The zero-order chi connectivity index (χ0) is 11.5. The SMILES string of the molecule is C=C(C)COc1ccc2ccc(=O)oc2c1. The largest absolute Gasteiger partial charge is 0.489 e. The van der Waals surface area contributed by atoms with Crippen LogP contribution in [0.15, 0.2) is 51.7 Å². The Hall–Kier alpha value is -2.03. The molecule has 0 saturated heterocycles. The normalized spacial score (nSPS) is 10.3. The molecule has 16 heavy (non-hydrogen) atoms. The molecule has 2 aromatic rings. The fourth-order valence-electron chi connectivity index (χ4n) is 1.34. The molecule has 0 radical (unpaired) electrons. The number of hydrogen-bond acceptors (Lipinski definition) is 3. The highest BCUT2D eigenvalue weighted by Gasteiger charge is 2.00. The van der Waals surface area contributed by atoms with Crippen LogP contribution < -0.4 is 10.4 Å². The van der Waals surface area contributed by atoms with Gasteiger partial charge in [0.05, 0.1) is 0 Å². The van der Waals surface area contributed by atoms with Crippen molar-refractivity contribution in [3.05, 3.63) is 52.9 Å². The molecule has 0 fully saturated rings. The third kappa shape index (κ3) is 2.31. The maximum absolute atomic E-state index is 11.0. The quantitative estimate of drug-likeness (QED) is 0.585. The fourth-order valence-corrected chi connectivity index (χ4v) is 1.34. The van der Waals surface area contributed by atoms with Gasteiger partial charge in [-0.25, -0.2) is 4.79 Å². The van der Waals surface area contributed by atoms with Crippen LogP contribution in [0.2, 0.25) is 0 Å². The van der Waals surface area contributed by atoms with Crippen molar-refractivity contribution in [3.8, 4) is 5.75 Å². The standard InChI is InChI=1S/C13H12O3/c1-9(2)8-15-11-5-3-10-4-6-13(14)16-12(10)7-11/h3-7H,1,8H2,2H3. The molecule has 0 aliphatic carbocycles. The minimum absolute atomic E-state index is 0.357. The summed E-state index contributed by atoms with van der Waals surface area (Å²) >= 11 is 0. The summed E-state index contributed by atoms with van der Waals surface area (Å²) in [6, 6.07) is 8.53. The number of hydrogen-bond donors (Lipinski definition) is 0. The van der Waals surface area contributed by atoms with Crippen molar-refractivity contribution < 1.29 is 9.15 Å². The van der Waals surface area contributed by atoms with E-state index in [1.54, 1.807) is 12.1 Å². The fraction of sp³-hybridized carbons (Fsp3) is 0.154. The molecular formula is C13H12O3. The van der Waals surface area contributed by atoms with Crippen LogP contribution in [0.1, 0.15) is 6.92 Å². The summed E-state index contributed by atoms with van der Waals surface area (Å²) < 4.78 is 10.5. The van der Waals surface area contributed by atoms with Crippen LogP contribution in [-0.4, -0.2) is 6.61 Å². The van der Waals surface area contributed by atoms with Gasteiger partial charge in [0.15, 0.2) is 0 Å². The van der Waals surface area contributed by atoms with Crippen molar-refractivity contribution in [3.63, 3.8) is 0 Å². The van der Waals surface area contributed by atoms with E-state index in [4.69, 9.17) is 9.15 Å². The van der Waals surface area contributed by atoms with E-state index in [1.807, 2.05) is 19.1 Å². The van der Waals surface area contributed by atoms with E-state index in [2.05, 4.69) is 6.58 Å². The molecule has 0 spiro atoms. The smallest absolute Gasteiger partial charge is 0.336 e. The highest BCUT2D eigenvalue weighted by atomic mass is 16.5. The molecule has 3 heteroatoms. The zero-order valence-corrected chi connectivity index (χ0v) is 9.03. The summed E-state index contributed by atoms with van der Waals surface area (Å²) in [4.78, 5) is 11.0. The number of fused-ring (bicyclic) bond motifs is 1. The lowest BCUT2D eigenvalue weighted by atomic mass is 10.2. The Morgan fingerprint density at radius 3 is 2.88 bits per heavy atom. The number of ether oxygens (including phenoxy) is 1. The van der Waals surface area contributed by atoms with Gasteiger partial charge >= 0.3 is 5.63 Å². The van der Waals surface area contributed by atoms with Crippen LogP contribution in [-0.2, 0) is 0 Å². The van der Waals surface area contributed by atoms with Crippen molar-refractivity contribution in [1.82, 2.24) is 0 Å². The monoisotopic (exact) mass is 216 g/mol. The van der Waals surface area contributed by atoms with Crippen molar-refractivity contribution in [1.29, 1.82) is 0 Å². The predicted molar refractivity (Wildman–Crippen MR) is 62.8 cm³/mol. The van der Waals surface area contributed by atoms with Crippen LogP contribution >= 0.6 is 0 Å². The van der Waals surface area contributed by atoms with Gasteiger partial charge in [-0.1, -0.05) is 6.58 Å². The lowest BCUT2D eigenvalue weighted by molar-refractivity contribution is 0.352. The Bertz CT molecular complexity index is 581. The van der Waals surface area contributed by atoms with Gasteiger partial charge < -0.3 is 9.15 Å². The second-order valence-corrected chi connectivity index (χ2v) is 3.70. The van der Waals surface area contributed by atoms with Crippen molar-refractivity contribution in [2.24, 2.45) is 0 Å². The molecule has 0 aliphatic heterocycles. The molecule has 0 unspecified atom stereocenters. The molecule has 3 nitrogen and oxygen atoms in total. The Balaban J connectivity index is 2.35. The molecule has 0 saturated carbocycles. The van der Waals surface area contributed by atoms with Gasteiger partial charge in [0.1, 0.15) is 17.9 Å². The van der Waals surface area contributed by atoms with E-state index < -0.39 is 0 Å². The Morgan fingerprint density at radius 1 is 1.38 bits per heavy atom. The topological polar surface area (TPSA) is 39.4 Å². The summed E-state index contributed by atoms with van der Waals surface area (Å²) in [6.07, 6.45) is 0. The Kier molecular flexibility index (Phi) is 2.77. The first-order valence-electron chi connectivity index (χ1n) is 4.96. The van der Waals surface area contributed by atoms with Gasteiger partial charge in [-0.05, 0) is 30.7 Å². The Morgan fingerprint density at radius 2 is 2.12 bits per heavy atom. The third-order valence-corrected chi connectivity index (χ3v) is 2.08. The summed E-state index contributed by atoms with van der Waals surface area (Å²) in [6.45, 7) is 6.10. The average Bonchev–Trinajstić information content (AvgIpc) is 2.25. The zero-order valence-electron chi connectivity index (χ0n) is 9.03. The molecule has 1 heterocycles. The molecule has 0 bridgehead atoms. The van der Waals surface area contributed by atoms with Crippen molar-refractivity contribution in [2.75, 3.05) is 6.61 Å². The first-order valence-corrected chi connectivity index (χ1v) is 4.96. The molecule has 0 N–H and O–H groups in total. The van der Waals surface area contributed by atoms with Gasteiger partial charge in [-0.15, -0.1) is 0 Å². The van der Waals surface area contributed by atoms with Gasteiger partial charge in [0, 0.05) is 17.5 Å². The molecule has 0 amide bonds. The number of benzene rings is 1. The summed E-state index contributed by atoms with van der Waals surface area (Å²) in [5, 5.41) is 0.877. The van der Waals surface area contributed by atoms with E-state index in [-0.39, 0.29) is 5.63 Å². The van der Waals surface area contributed by atoms with E-state index in [0.717, 1.165) is 11.0 Å². The van der Waals surface area contributed by atoms with Crippen LogP contribution in [0.25, 0.3) is 11.0 Å². The van der Waals surface area contributed by atoms with E-state index in [1.165, 1.54) is 6.07 Å². The second kappa shape index (κ2) is 4.23. The van der Waals surface area contributed by atoms with Crippen LogP contribution in [0.4, 0.5) is 0 Å². The first kappa shape index (κ1) is 10.5. The highest BCUT2D eigenvalue weighted by molar-refractivity contribution is 5.77. The van der Waals surface area contributed by atoms with Crippen molar-refractivity contribution in [2.45, 2.75) is 6.92 Å². The average molecular weight is 216 g/mol. The maximum Gasteiger partial charge on any atom is 0.336 e. The van der Waals surface area contributed by atoms with Crippen LogP contribution in [0, 0.1) is 0 Å². The molecule has 1 aromatic heterocycles. The minimum Gasteiger partial charge on any atom is -0.489 e. The van der Waals surface area contributed by atoms with Gasteiger partial charge in [0.25, 0.3) is 0 Å². The minimum atomic E-state index is -0.357. The van der Waals surface area contributed by atoms with E-state index in [9.17, 15) is 4.79 Å². The van der Waals surface area contributed by atoms with E-state index >= 15 is 0 Å². The van der Waals surface area contributed by atoms with Crippen LogP contribution in [0.5, 0.6) is 5.75 Å². The van der Waals surface area contributed by atoms with E-state index in [0.29, 0.717) is 17.9 Å². The molecule has 1 aromatic carbocycles. The predicted octanol–water partition coefficient (Wildman–Crippen LogP) is 2.75. The van der Waals surface area contributed by atoms with Crippen LogP contribution in [0.3, 0.4) is 0 Å². The molecule has 0 atom stereocenters. The number of rotatable bonds is 3. The summed E-state index contributed by atoms with van der Waals surface area (Å²) in [5.41, 5.74) is 1.12. The summed E-state index contributed by atoms with van der Waals surface area (Å²) in [5.74, 6) is 0.671. The Labute approximate surface area is 93.0 Å². The molecule has 82 valence electrons. The van der Waals surface area contributed by atoms with Crippen molar-refractivity contribution >= 4 is 11.0 Å². The second-order valence-electron chi connectivity index (χ2n) is 3.70. The first-order chi connectivity index (χ1) is 7.65. The molecule has 2 rings (SSSR count). The maximum atomic E-state index is 11.0. The molecular weight excluding hydrogens is 204 g/mol. The van der Waals surface area contributed by atoms with Gasteiger partial charge in [-0.2, -0.15) is 0 Å². The lowest BCUT2D eigenvalue weighted by Crippen LogP contribution is -1.98. The third-order valence-electron chi connectivity index (χ3n) is 2.08. The highest BCUT2D eigenvalue weighted by Crippen LogP contribution is 2.19. The lowest BCUT2D eigenvalue weighted by Gasteiger charge is -2.05. The summed E-state index contributed by atoms with van der Waals surface area (Å²) in [7, 11) is 0. The molecule has 0 aliphatic rings. The van der Waals surface area contributed by atoms with Gasteiger partial charge in [-0.3, -0.25) is 0 Å².